The van der Waals surface area contributed by atoms with Gasteiger partial charge in [0.2, 0.25) is 0 Å². The minimum absolute atomic E-state index is 0.141. The second-order valence-corrected chi connectivity index (χ2v) is 6.42. The molecule has 2 rings (SSSR count). The lowest BCUT2D eigenvalue weighted by Gasteiger charge is -2.13. The molecule has 122 valence electrons. The van der Waals surface area contributed by atoms with Gasteiger partial charge in [0.25, 0.3) is 0 Å². The molecule has 0 N–H and O–H groups in total. The van der Waals surface area contributed by atoms with E-state index in [-0.39, 0.29) is 29.1 Å². The van der Waals surface area contributed by atoms with Crippen molar-refractivity contribution in [2.45, 2.75) is 25.3 Å². The summed E-state index contributed by atoms with van der Waals surface area (Å²) in [5, 5.41) is 0. The van der Waals surface area contributed by atoms with E-state index in [2.05, 4.69) is 15.9 Å². The number of para-hydroxylation sites is 1. The van der Waals surface area contributed by atoms with Gasteiger partial charge in [-0.15, -0.1) is 0 Å². The molecular weight excluding hydrogens is 363 g/mol. The third-order valence-corrected chi connectivity index (χ3v) is 4.59. The van der Waals surface area contributed by atoms with Gasteiger partial charge in [0.1, 0.15) is 17.2 Å². The largest absolute Gasteiger partial charge is 0.460 e. The second kappa shape index (κ2) is 8.11. The lowest BCUT2D eigenvalue weighted by Crippen LogP contribution is -2.22. The minimum atomic E-state index is -0.427. The van der Waals surface area contributed by atoms with Crippen LogP contribution >= 0.6 is 15.9 Å². The maximum atomic E-state index is 13.6. The van der Waals surface area contributed by atoms with Crippen LogP contribution in [0.3, 0.4) is 0 Å². The molecule has 23 heavy (non-hydrogen) atoms. The molecule has 0 aliphatic rings. The molecule has 0 aromatic heterocycles. The van der Waals surface area contributed by atoms with Crippen molar-refractivity contribution in [3.63, 3.8) is 0 Å². The smallest absolute Gasteiger partial charge is 0.320 e. The SMILES string of the molecule is CC(C)C(Br)C(=O)OCc1cccc(Oc2ccccc2F)c1. The number of halogens is 2. The molecule has 3 nitrogen and oxygen atoms in total. The van der Waals surface area contributed by atoms with Gasteiger partial charge in [0, 0.05) is 0 Å². The standard InChI is InChI=1S/C18H18BrFO3/c1-12(2)17(19)18(21)22-11-13-6-5-7-14(10-13)23-16-9-4-3-8-15(16)20/h3-10,12,17H,11H2,1-2H3. The van der Waals surface area contributed by atoms with Gasteiger partial charge in [0.05, 0.1) is 0 Å². The number of ether oxygens (including phenoxy) is 2. The molecule has 0 bridgehead atoms. The van der Waals surface area contributed by atoms with Crippen LogP contribution in [-0.2, 0) is 16.1 Å². The third-order valence-electron chi connectivity index (χ3n) is 3.15. The molecule has 0 amide bonds. The van der Waals surface area contributed by atoms with E-state index in [0.29, 0.717) is 5.75 Å². The van der Waals surface area contributed by atoms with Gasteiger partial charge in [-0.05, 0) is 35.7 Å². The molecular formula is C18H18BrFO3. The molecule has 0 aliphatic carbocycles. The van der Waals surface area contributed by atoms with E-state index in [1.54, 1.807) is 36.4 Å². The normalized spacial score (nSPS) is 12.0. The molecule has 0 saturated heterocycles. The van der Waals surface area contributed by atoms with Crippen LogP contribution < -0.4 is 4.74 Å². The number of hydrogen-bond acceptors (Lipinski definition) is 3. The van der Waals surface area contributed by atoms with Crippen LogP contribution in [0.15, 0.2) is 48.5 Å². The highest BCUT2D eigenvalue weighted by molar-refractivity contribution is 9.10. The minimum Gasteiger partial charge on any atom is -0.460 e. The highest BCUT2D eigenvalue weighted by atomic mass is 79.9. The fraction of sp³-hybridized carbons (Fsp3) is 0.278. The Bertz CT molecular complexity index is 673. The van der Waals surface area contributed by atoms with Crippen LogP contribution in [-0.4, -0.2) is 10.8 Å². The second-order valence-electron chi connectivity index (χ2n) is 5.43. The van der Waals surface area contributed by atoms with Crippen molar-refractivity contribution in [2.24, 2.45) is 5.92 Å². The summed E-state index contributed by atoms with van der Waals surface area (Å²) in [5.41, 5.74) is 0.774. The van der Waals surface area contributed by atoms with Crippen LogP contribution in [0.1, 0.15) is 19.4 Å². The number of esters is 1. The molecule has 2 aromatic rings. The topological polar surface area (TPSA) is 35.5 Å². The first kappa shape index (κ1) is 17.5. The summed E-state index contributed by atoms with van der Waals surface area (Å²) in [6, 6.07) is 13.2. The van der Waals surface area contributed by atoms with Crippen LogP contribution in [0, 0.1) is 11.7 Å². The quantitative estimate of drug-likeness (QED) is 0.517. The number of carbonyl (C=O) groups is 1. The first-order chi connectivity index (χ1) is 11.0. The number of rotatable bonds is 6. The molecule has 0 aliphatic heterocycles. The predicted octanol–water partition coefficient (Wildman–Crippen LogP) is 5.08. The predicted molar refractivity (Wildman–Crippen MR) is 90.3 cm³/mol. The lowest BCUT2D eigenvalue weighted by molar-refractivity contribution is -0.144. The Hall–Kier alpha value is -1.88. The first-order valence-electron chi connectivity index (χ1n) is 7.29. The van der Waals surface area contributed by atoms with E-state index in [0.717, 1.165) is 5.56 Å². The Morgan fingerprint density at radius 2 is 1.91 bits per heavy atom. The average molecular weight is 381 g/mol. The van der Waals surface area contributed by atoms with E-state index in [4.69, 9.17) is 9.47 Å². The zero-order valence-electron chi connectivity index (χ0n) is 13.0. The zero-order valence-corrected chi connectivity index (χ0v) is 14.5. The molecule has 0 fully saturated rings. The molecule has 0 heterocycles. The first-order valence-corrected chi connectivity index (χ1v) is 8.21. The van der Waals surface area contributed by atoms with Gasteiger partial charge < -0.3 is 9.47 Å². The molecule has 1 unspecified atom stereocenters. The monoisotopic (exact) mass is 380 g/mol. The summed E-state index contributed by atoms with van der Waals surface area (Å²) >= 11 is 3.31. The van der Waals surface area contributed by atoms with Gasteiger partial charge in [-0.1, -0.05) is 54.0 Å². The zero-order chi connectivity index (χ0) is 16.8. The number of alkyl halides is 1. The van der Waals surface area contributed by atoms with Crippen LogP contribution in [0.5, 0.6) is 11.5 Å². The Labute approximate surface area is 143 Å². The van der Waals surface area contributed by atoms with E-state index >= 15 is 0 Å². The van der Waals surface area contributed by atoms with Crippen LogP contribution in [0.25, 0.3) is 0 Å². The van der Waals surface area contributed by atoms with Crippen molar-refractivity contribution in [1.82, 2.24) is 0 Å². The van der Waals surface area contributed by atoms with Gasteiger partial charge in [-0.25, -0.2) is 4.39 Å². The van der Waals surface area contributed by atoms with Crippen LogP contribution in [0.4, 0.5) is 4.39 Å². The Balaban J connectivity index is 2.00. The van der Waals surface area contributed by atoms with Crippen molar-refractivity contribution in [2.75, 3.05) is 0 Å². The van der Waals surface area contributed by atoms with Crippen molar-refractivity contribution in [3.8, 4) is 11.5 Å². The Morgan fingerprint density at radius 3 is 2.61 bits per heavy atom. The summed E-state index contributed by atoms with van der Waals surface area (Å²) in [5.74, 6) is 0.0620. The Kier molecular flexibility index (Phi) is 6.16. The van der Waals surface area contributed by atoms with Crippen LogP contribution in [0.2, 0.25) is 0 Å². The molecule has 1 atom stereocenters. The summed E-state index contributed by atoms with van der Waals surface area (Å²) in [7, 11) is 0. The molecule has 0 radical (unpaired) electrons. The van der Waals surface area contributed by atoms with Gasteiger partial charge in [0.15, 0.2) is 11.6 Å². The third kappa shape index (κ3) is 5.06. The van der Waals surface area contributed by atoms with E-state index < -0.39 is 5.82 Å². The fourth-order valence-corrected chi connectivity index (χ4v) is 1.99. The van der Waals surface area contributed by atoms with Crippen molar-refractivity contribution in [1.29, 1.82) is 0 Å². The Morgan fingerprint density at radius 1 is 1.17 bits per heavy atom. The molecule has 2 aromatic carbocycles. The van der Waals surface area contributed by atoms with Crippen molar-refractivity contribution in [3.05, 3.63) is 59.9 Å². The van der Waals surface area contributed by atoms with Gasteiger partial charge in [-0.3, -0.25) is 4.79 Å². The van der Waals surface area contributed by atoms with E-state index in [1.807, 2.05) is 19.9 Å². The summed E-state index contributed by atoms with van der Waals surface area (Å²) < 4.78 is 24.4. The molecule has 0 saturated carbocycles. The molecule has 5 heteroatoms. The fourth-order valence-electron chi connectivity index (χ4n) is 1.86. The highest BCUT2D eigenvalue weighted by Gasteiger charge is 2.20. The van der Waals surface area contributed by atoms with E-state index in [9.17, 15) is 9.18 Å². The average Bonchev–Trinajstić information content (AvgIpc) is 2.54. The number of carbonyl (C=O) groups excluding carboxylic acids is 1. The summed E-state index contributed by atoms with van der Waals surface area (Å²) in [6.45, 7) is 4.01. The maximum Gasteiger partial charge on any atom is 0.320 e. The van der Waals surface area contributed by atoms with Gasteiger partial charge in [-0.2, -0.15) is 0 Å². The lowest BCUT2D eigenvalue weighted by atomic mass is 10.1. The van der Waals surface area contributed by atoms with Crippen molar-refractivity contribution >= 4 is 21.9 Å². The summed E-state index contributed by atoms with van der Waals surface area (Å²) in [4.78, 5) is 11.5. The van der Waals surface area contributed by atoms with Crippen molar-refractivity contribution < 1.29 is 18.7 Å². The van der Waals surface area contributed by atoms with E-state index in [1.165, 1.54) is 6.07 Å². The maximum absolute atomic E-state index is 13.6. The summed E-state index contributed by atoms with van der Waals surface area (Å²) in [6.07, 6.45) is 0. The highest BCUT2D eigenvalue weighted by Crippen LogP contribution is 2.25. The number of hydrogen-bond donors (Lipinski definition) is 0. The number of benzene rings is 2. The van der Waals surface area contributed by atoms with Gasteiger partial charge >= 0.3 is 5.97 Å². The molecule has 0 spiro atoms.